The van der Waals surface area contributed by atoms with Gasteiger partial charge in [-0.15, -0.1) is 10.2 Å². The number of carbonyl (C=O) groups is 1. The third-order valence-electron chi connectivity index (χ3n) is 3.79. The van der Waals surface area contributed by atoms with Crippen LogP contribution in [0.15, 0.2) is 23.2 Å². The molecule has 8 heteroatoms. The van der Waals surface area contributed by atoms with Gasteiger partial charge in [0.15, 0.2) is 0 Å². The van der Waals surface area contributed by atoms with Crippen molar-refractivity contribution in [2.24, 2.45) is 0 Å². The molecule has 1 aliphatic rings. The average molecular weight is 303 g/mol. The first-order chi connectivity index (χ1) is 10.8. The lowest BCUT2D eigenvalue weighted by Crippen LogP contribution is -2.39. The van der Waals surface area contributed by atoms with Crippen LogP contribution in [0.5, 0.6) is 0 Å². The molecule has 1 saturated carbocycles. The number of aromatic nitrogens is 4. The van der Waals surface area contributed by atoms with Crippen molar-refractivity contribution in [1.82, 2.24) is 25.5 Å². The number of nitrogens with zero attached hydrogens (tertiary/aromatic N) is 4. The summed E-state index contributed by atoms with van der Waals surface area (Å²) in [6.45, 7) is 0. The van der Waals surface area contributed by atoms with E-state index >= 15 is 0 Å². The van der Waals surface area contributed by atoms with E-state index in [1.807, 2.05) is 0 Å². The molecule has 0 saturated heterocycles. The van der Waals surface area contributed by atoms with Gasteiger partial charge in [-0.05, 0) is 25.7 Å². The first-order valence-corrected chi connectivity index (χ1v) is 7.18. The molecule has 0 unspecified atom stereocenters. The number of nitrogens with one attached hydrogen (secondary N) is 1. The lowest BCUT2D eigenvalue weighted by molar-refractivity contribution is 0.0598. The molecule has 1 aliphatic carbocycles. The topological polar surface area (TPSA) is 103 Å². The molecule has 3 rings (SSSR count). The van der Waals surface area contributed by atoms with Gasteiger partial charge in [0, 0.05) is 13.2 Å². The molecular weight excluding hydrogens is 286 g/mol. The summed E-state index contributed by atoms with van der Waals surface area (Å²) in [5.74, 6) is -0.00233. The Morgan fingerprint density at radius 2 is 2.14 bits per heavy atom. The quantitative estimate of drug-likeness (QED) is 0.905. The van der Waals surface area contributed by atoms with E-state index < -0.39 is 0 Å². The minimum Gasteiger partial charge on any atom is -0.422 e. The molecule has 8 nitrogen and oxygen atoms in total. The molecule has 0 aliphatic heterocycles. The molecule has 1 fully saturated rings. The Hall–Kier alpha value is -2.35. The molecule has 2 aromatic heterocycles. The van der Waals surface area contributed by atoms with Crippen molar-refractivity contribution < 1.29 is 13.9 Å². The maximum Gasteiger partial charge on any atom is 0.271 e. The van der Waals surface area contributed by atoms with Gasteiger partial charge in [-0.25, -0.2) is 4.98 Å². The number of ether oxygens (including phenoxy) is 1. The first-order valence-electron chi connectivity index (χ1n) is 7.18. The van der Waals surface area contributed by atoms with Crippen LogP contribution in [0.2, 0.25) is 0 Å². The van der Waals surface area contributed by atoms with E-state index in [1.54, 1.807) is 7.11 Å². The number of hydrogen-bond donors (Lipinski definition) is 1. The molecular formula is C14H17N5O3. The number of methoxy groups -OCH3 is 1. The summed E-state index contributed by atoms with van der Waals surface area (Å²) in [5, 5.41) is 10.3. The van der Waals surface area contributed by atoms with Gasteiger partial charge in [-0.3, -0.25) is 9.78 Å². The van der Waals surface area contributed by atoms with Crippen LogP contribution < -0.4 is 5.32 Å². The van der Waals surface area contributed by atoms with E-state index in [1.165, 1.54) is 18.8 Å². The molecule has 0 bridgehead atoms. The number of carbonyl (C=O) groups excluding carboxylic acids is 1. The van der Waals surface area contributed by atoms with Crippen molar-refractivity contribution in [1.29, 1.82) is 0 Å². The van der Waals surface area contributed by atoms with Gasteiger partial charge >= 0.3 is 0 Å². The molecule has 2 heterocycles. The van der Waals surface area contributed by atoms with Gasteiger partial charge in [0.2, 0.25) is 6.39 Å². The zero-order valence-electron chi connectivity index (χ0n) is 12.2. The van der Waals surface area contributed by atoms with Crippen molar-refractivity contribution in [2.45, 2.75) is 37.8 Å². The summed E-state index contributed by atoms with van der Waals surface area (Å²) in [6.07, 6.45) is 8.13. The Balaban J connectivity index is 1.64. The third-order valence-corrected chi connectivity index (χ3v) is 3.79. The summed E-state index contributed by atoms with van der Waals surface area (Å²) in [5.41, 5.74) is 0.623. The van der Waals surface area contributed by atoms with Crippen LogP contribution in [-0.2, 0) is 4.74 Å². The summed E-state index contributed by atoms with van der Waals surface area (Å²) in [7, 11) is 1.72. The molecule has 0 aromatic carbocycles. The highest BCUT2D eigenvalue weighted by Gasteiger charge is 2.23. The predicted molar refractivity (Wildman–Crippen MR) is 75.8 cm³/mol. The van der Waals surface area contributed by atoms with E-state index in [0.717, 1.165) is 25.7 Å². The maximum atomic E-state index is 12.3. The van der Waals surface area contributed by atoms with Crippen LogP contribution in [0.25, 0.3) is 11.6 Å². The van der Waals surface area contributed by atoms with Gasteiger partial charge < -0.3 is 14.5 Å². The molecule has 116 valence electrons. The van der Waals surface area contributed by atoms with Crippen molar-refractivity contribution in [2.75, 3.05) is 7.11 Å². The van der Waals surface area contributed by atoms with Crippen molar-refractivity contribution in [3.63, 3.8) is 0 Å². The number of hydrogen-bond acceptors (Lipinski definition) is 7. The van der Waals surface area contributed by atoms with Crippen LogP contribution in [0, 0.1) is 0 Å². The Morgan fingerprint density at radius 1 is 1.32 bits per heavy atom. The largest absolute Gasteiger partial charge is 0.422 e. The summed E-state index contributed by atoms with van der Waals surface area (Å²) < 4.78 is 10.4. The van der Waals surface area contributed by atoms with E-state index in [-0.39, 0.29) is 23.5 Å². The Morgan fingerprint density at radius 3 is 2.82 bits per heavy atom. The van der Waals surface area contributed by atoms with Crippen LogP contribution in [0.1, 0.15) is 36.2 Å². The smallest absolute Gasteiger partial charge is 0.271 e. The zero-order valence-corrected chi connectivity index (χ0v) is 12.2. The Kier molecular flexibility index (Phi) is 4.38. The Labute approximate surface area is 127 Å². The molecule has 1 N–H and O–H groups in total. The molecule has 2 aromatic rings. The van der Waals surface area contributed by atoms with Crippen LogP contribution in [0.4, 0.5) is 0 Å². The summed E-state index contributed by atoms with van der Waals surface area (Å²) >= 11 is 0. The standard InChI is InChI=1S/C14H17N5O3/c1-21-10-4-2-9(3-5-10)17-13(20)11-6-15-7-12(18-11)14-19-16-8-22-14/h6-10H,2-5H2,1H3,(H,17,20). The van der Waals surface area contributed by atoms with E-state index in [9.17, 15) is 4.79 Å². The molecule has 0 atom stereocenters. The third kappa shape index (κ3) is 3.28. The van der Waals surface area contributed by atoms with Crippen molar-refractivity contribution in [3.8, 4) is 11.6 Å². The number of amides is 1. The highest BCUT2D eigenvalue weighted by atomic mass is 16.5. The fourth-order valence-electron chi connectivity index (χ4n) is 2.57. The van der Waals surface area contributed by atoms with E-state index in [2.05, 4.69) is 25.5 Å². The lowest BCUT2D eigenvalue weighted by Gasteiger charge is -2.28. The monoisotopic (exact) mass is 303 g/mol. The van der Waals surface area contributed by atoms with Crippen LogP contribution in [0.3, 0.4) is 0 Å². The fraction of sp³-hybridized carbons (Fsp3) is 0.500. The van der Waals surface area contributed by atoms with Crippen LogP contribution in [-0.4, -0.2) is 45.3 Å². The average Bonchev–Trinajstić information content (AvgIpc) is 3.10. The van der Waals surface area contributed by atoms with Crippen molar-refractivity contribution >= 4 is 5.91 Å². The van der Waals surface area contributed by atoms with Gasteiger partial charge in [0.25, 0.3) is 11.8 Å². The molecule has 0 radical (unpaired) electrons. The normalized spacial score (nSPS) is 21.5. The fourth-order valence-corrected chi connectivity index (χ4v) is 2.57. The molecule has 1 amide bonds. The van der Waals surface area contributed by atoms with Crippen LogP contribution >= 0.6 is 0 Å². The number of rotatable bonds is 4. The second kappa shape index (κ2) is 6.61. The Bertz CT molecular complexity index is 623. The van der Waals surface area contributed by atoms with Gasteiger partial charge in [0.05, 0.1) is 18.5 Å². The summed E-state index contributed by atoms with van der Waals surface area (Å²) in [6, 6.07) is 0.146. The van der Waals surface area contributed by atoms with Gasteiger partial charge in [0.1, 0.15) is 11.4 Å². The zero-order chi connectivity index (χ0) is 15.4. The molecule has 0 spiro atoms. The van der Waals surface area contributed by atoms with E-state index in [4.69, 9.17) is 9.15 Å². The highest BCUT2D eigenvalue weighted by molar-refractivity contribution is 5.92. The lowest BCUT2D eigenvalue weighted by atomic mass is 9.93. The second-order valence-corrected chi connectivity index (χ2v) is 5.22. The SMILES string of the molecule is COC1CCC(NC(=O)c2cncc(-c3nnco3)n2)CC1. The van der Waals surface area contributed by atoms with Crippen molar-refractivity contribution in [3.05, 3.63) is 24.5 Å². The van der Waals surface area contributed by atoms with E-state index in [0.29, 0.717) is 11.8 Å². The van der Waals surface area contributed by atoms with Gasteiger partial charge in [-0.2, -0.15) is 0 Å². The molecule has 22 heavy (non-hydrogen) atoms. The van der Waals surface area contributed by atoms with Gasteiger partial charge in [-0.1, -0.05) is 0 Å². The second-order valence-electron chi connectivity index (χ2n) is 5.22. The predicted octanol–water partition coefficient (Wildman–Crippen LogP) is 1.21. The summed E-state index contributed by atoms with van der Waals surface area (Å²) in [4.78, 5) is 20.5. The minimum absolute atomic E-state index is 0.146. The minimum atomic E-state index is -0.241. The maximum absolute atomic E-state index is 12.3. The highest BCUT2D eigenvalue weighted by Crippen LogP contribution is 2.21. The first kappa shape index (κ1) is 14.6.